The molecular formula is C4H10N3. The van der Waals surface area contributed by atoms with E-state index in [1.54, 1.807) is 7.05 Å². The van der Waals surface area contributed by atoms with Gasteiger partial charge in [-0.3, -0.25) is 4.99 Å². The molecule has 0 aromatic carbocycles. The summed E-state index contributed by atoms with van der Waals surface area (Å²) < 4.78 is 0. The molecule has 3 heteroatoms. The maximum absolute atomic E-state index is 5.18. The van der Waals surface area contributed by atoms with Crippen LogP contribution >= 0.6 is 0 Å². The summed E-state index contributed by atoms with van der Waals surface area (Å²) in [5.74, 6) is 0.440. The van der Waals surface area contributed by atoms with E-state index < -0.39 is 0 Å². The first kappa shape index (κ1) is 6.27. The lowest BCUT2D eigenvalue weighted by Gasteiger charge is -1.96. The van der Waals surface area contributed by atoms with Crippen LogP contribution in [0, 0.1) is 6.92 Å². The van der Waals surface area contributed by atoms with Crippen LogP contribution in [0.1, 0.15) is 0 Å². The molecule has 0 saturated carbocycles. The molecule has 0 unspecified atom stereocenters. The van der Waals surface area contributed by atoms with Gasteiger partial charge < -0.3 is 11.1 Å². The monoisotopic (exact) mass is 100 g/mol. The summed E-state index contributed by atoms with van der Waals surface area (Å²) in [6, 6.07) is 0. The van der Waals surface area contributed by atoms with Crippen molar-refractivity contribution in [1.82, 2.24) is 5.32 Å². The average Bonchev–Trinajstić information content (AvgIpc) is 1.68. The van der Waals surface area contributed by atoms with Crippen LogP contribution in [-0.2, 0) is 0 Å². The summed E-state index contributed by atoms with van der Waals surface area (Å²) in [4.78, 5) is 3.62. The van der Waals surface area contributed by atoms with E-state index in [4.69, 9.17) is 5.73 Å². The molecule has 0 aromatic heterocycles. The normalized spacial score (nSPS) is 11.4. The molecule has 41 valence electrons. The quantitative estimate of drug-likeness (QED) is 0.340. The van der Waals surface area contributed by atoms with Gasteiger partial charge in [0.15, 0.2) is 5.96 Å². The minimum Gasteiger partial charge on any atom is -0.370 e. The van der Waals surface area contributed by atoms with E-state index in [-0.39, 0.29) is 0 Å². The minimum atomic E-state index is 0.440. The third-order valence-electron chi connectivity index (χ3n) is 0.547. The molecule has 0 fully saturated rings. The maximum Gasteiger partial charge on any atom is 0.188 e. The number of aliphatic imine (C=N–C) groups is 1. The first-order valence-electron chi connectivity index (χ1n) is 2.06. The van der Waals surface area contributed by atoms with E-state index in [1.165, 1.54) is 0 Å². The molecule has 0 heterocycles. The molecule has 3 N–H and O–H groups in total. The molecule has 0 amide bonds. The van der Waals surface area contributed by atoms with Crippen LogP contribution in [0.15, 0.2) is 4.99 Å². The number of nitrogens with zero attached hydrogens (tertiary/aromatic N) is 1. The Labute approximate surface area is 43.6 Å². The first-order valence-corrected chi connectivity index (χ1v) is 2.06. The van der Waals surface area contributed by atoms with Crippen molar-refractivity contribution in [2.24, 2.45) is 10.7 Å². The zero-order chi connectivity index (χ0) is 5.70. The highest BCUT2D eigenvalue weighted by Gasteiger charge is 1.77. The van der Waals surface area contributed by atoms with Crippen LogP contribution in [0.3, 0.4) is 0 Å². The Bertz CT molecular complexity index is 67.3. The maximum atomic E-state index is 5.18. The summed E-state index contributed by atoms with van der Waals surface area (Å²) >= 11 is 0. The van der Waals surface area contributed by atoms with Crippen LogP contribution in [0.5, 0.6) is 0 Å². The van der Waals surface area contributed by atoms with Gasteiger partial charge in [0, 0.05) is 13.6 Å². The topological polar surface area (TPSA) is 50.4 Å². The van der Waals surface area contributed by atoms with E-state index in [1.807, 2.05) is 0 Å². The Morgan fingerprint density at radius 3 is 2.71 bits per heavy atom. The van der Waals surface area contributed by atoms with Crippen molar-refractivity contribution in [3.8, 4) is 0 Å². The predicted octanol–water partition coefficient (Wildman–Crippen LogP) is -0.645. The van der Waals surface area contributed by atoms with Gasteiger partial charge in [-0.15, -0.1) is 0 Å². The largest absolute Gasteiger partial charge is 0.370 e. The van der Waals surface area contributed by atoms with Gasteiger partial charge in [-0.25, -0.2) is 0 Å². The lowest BCUT2D eigenvalue weighted by molar-refractivity contribution is 1.01. The van der Waals surface area contributed by atoms with Gasteiger partial charge in [0.2, 0.25) is 0 Å². The van der Waals surface area contributed by atoms with E-state index in [9.17, 15) is 0 Å². The van der Waals surface area contributed by atoms with E-state index in [0.29, 0.717) is 12.5 Å². The summed E-state index contributed by atoms with van der Waals surface area (Å²) in [5.41, 5.74) is 5.18. The zero-order valence-corrected chi connectivity index (χ0v) is 4.44. The van der Waals surface area contributed by atoms with Crippen molar-refractivity contribution in [1.29, 1.82) is 0 Å². The fraction of sp³-hybridized carbons (Fsp3) is 0.500. The predicted molar refractivity (Wildman–Crippen MR) is 30.9 cm³/mol. The highest BCUT2D eigenvalue weighted by Crippen LogP contribution is 1.54. The minimum absolute atomic E-state index is 0.440. The molecule has 0 aliphatic rings. The lowest BCUT2D eigenvalue weighted by Crippen LogP contribution is -2.30. The van der Waals surface area contributed by atoms with E-state index in [0.717, 1.165) is 0 Å². The molecule has 0 spiro atoms. The first-order chi connectivity index (χ1) is 3.31. The molecule has 0 saturated heterocycles. The van der Waals surface area contributed by atoms with Crippen molar-refractivity contribution < 1.29 is 0 Å². The molecule has 0 aromatic rings. The van der Waals surface area contributed by atoms with Gasteiger partial charge in [0.1, 0.15) is 0 Å². The Hall–Kier alpha value is -0.730. The Morgan fingerprint density at radius 1 is 2.00 bits per heavy atom. The average molecular weight is 100 g/mol. The molecule has 7 heavy (non-hydrogen) atoms. The van der Waals surface area contributed by atoms with Gasteiger partial charge in [-0.1, -0.05) is 0 Å². The number of guanidine groups is 1. The Morgan fingerprint density at radius 2 is 2.57 bits per heavy atom. The molecule has 0 aliphatic carbocycles. The fourth-order valence-electron chi connectivity index (χ4n) is 0.207. The van der Waals surface area contributed by atoms with Crippen LogP contribution in [0.4, 0.5) is 0 Å². The smallest absolute Gasteiger partial charge is 0.188 e. The van der Waals surface area contributed by atoms with Crippen molar-refractivity contribution >= 4 is 5.96 Å². The van der Waals surface area contributed by atoms with Crippen LogP contribution < -0.4 is 11.1 Å². The molecule has 3 nitrogen and oxygen atoms in total. The summed E-state index contributed by atoms with van der Waals surface area (Å²) in [6.07, 6.45) is 0. The summed E-state index contributed by atoms with van der Waals surface area (Å²) in [5, 5.41) is 2.71. The SMILES string of the molecule is [CH2]CNC(N)=NC. The van der Waals surface area contributed by atoms with Crippen molar-refractivity contribution in [3.05, 3.63) is 6.92 Å². The standard InChI is InChI=1S/C4H10N3/c1-3-7-4(5)6-2/h1,3H2,2H3,(H3,5,6,7). The van der Waals surface area contributed by atoms with Crippen molar-refractivity contribution in [3.63, 3.8) is 0 Å². The van der Waals surface area contributed by atoms with Crippen molar-refractivity contribution in [2.75, 3.05) is 13.6 Å². The van der Waals surface area contributed by atoms with Gasteiger partial charge >= 0.3 is 0 Å². The Kier molecular flexibility index (Phi) is 3.10. The Balaban J connectivity index is 3.17. The third kappa shape index (κ3) is 3.09. The number of hydrogen-bond donors (Lipinski definition) is 2. The molecular weight excluding hydrogens is 90.1 g/mol. The molecule has 0 aliphatic heterocycles. The van der Waals surface area contributed by atoms with Gasteiger partial charge in [-0.05, 0) is 6.92 Å². The van der Waals surface area contributed by atoms with E-state index >= 15 is 0 Å². The number of nitrogens with one attached hydrogen (secondary N) is 1. The van der Waals surface area contributed by atoms with Crippen molar-refractivity contribution in [2.45, 2.75) is 0 Å². The fourth-order valence-corrected chi connectivity index (χ4v) is 0.207. The lowest BCUT2D eigenvalue weighted by atomic mass is 10.7. The molecule has 0 bridgehead atoms. The number of rotatable bonds is 1. The molecule has 0 atom stereocenters. The van der Waals surface area contributed by atoms with Gasteiger partial charge in [0.05, 0.1) is 0 Å². The van der Waals surface area contributed by atoms with Crippen LogP contribution in [0.2, 0.25) is 0 Å². The third-order valence-corrected chi connectivity index (χ3v) is 0.547. The second-order valence-electron chi connectivity index (χ2n) is 1.04. The number of nitrogens with two attached hydrogens (primary N) is 1. The second-order valence-corrected chi connectivity index (χ2v) is 1.04. The second kappa shape index (κ2) is 3.46. The summed E-state index contributed by atoms with van der Waals surface area (Å²) in [7, 11) is 1.62. The van der Waals surface area contributed by atoms with Gasteiger partial charge in [0.25, 0.3) is 0 Å². The molecule has 1 radical (unpaired) electrons. The van der Waals surface area contributed by atoms with Crippen LogP contribution in [-0.4, -0.2) is 19.6 Å². The highest BCUT2D eigenvalue weighted by atomic mass is 15.1. The number of hydrogen-bond acceptors (Lipinski definition) is 1. The van der Waals surface area contributed by atoms with E-state index in [2.05, 4.69) is 17.2 Å². The summed E-state index contributed by atoms with van der Waals surface area (Å²) in [6.45, 7) is 4.09. The zero-order valence-electron chi connectivity index (χ0n) is 4.44. The van der Waals surface area contributed by atoms with Gasteiger partial charge in [-0.2, -0.15) is 0 Å². The van der Waals surface area contributed by atoms with Crippen LogP contribution in [0.25, 0.3) is 0 Å². The highest BCUT2D eigenvalue weighted by molar-refractivity contribution is 5.77. The molecule has 0 rings (SSSR count).